The van der Waals surface area contributed by atoms with E-state index in [4.69, 9.17) is 0 Å². The van der Waals surface area contributed by atoms with Gasteiger partial charge in [0.05, 0.1) is 5.56 Å². The number of hydrogen-bond acceptors (Lipinski definition) is 2. The van der Waals surface area contributed by atoms with Crippen LogP contribution in [0.15, 0.2) is 66.7 Å². The lowest BCUT2D eigenvalue weighted by molar-refractivity contribution is 0.0988. The van der Waals surface area contributed by atoms with E-state index < -0.39 is 5.82 Å². The van der Waals surface area contributed by atoms with Crippen LogP contribution in [0.3, 0.4) is 0 Å². The molecule has 3 aromatic carbocycles. The van der Waals surface area contributed by atoms with Gasteiger partial charge in [-0.25, -0.2) is 4.39 Å². The quantitative estimate of drug-likeness (QED) is 0.287. The number of rotatable bonds is 6. The van der Waals surface area contributed by atoms with Crippen LogP contribution in [0.2, 0.25) is 0 Å². The van der Waals surface area contributed by atoms with Gasteiger partial charge in [0.2, 0.25) is 0 Å². The number of aldehydes is 1. The molecule has 0 radical (unpaired) electrons. The van der Waals surface area contributed by atoms with Gasteiger partial charge < -0.3 is 0 Å². The Morgan fingerprint density at radius 2 is 1.73 bits per heavy atom. The second-order valence-corrected chi connectivity index (χ2v) is 7.21. The minimum absolute atomic E-state index is 0.0137. The molecule has 0 aliphatic carbocycles. The van der Waals surface area contributed by atoms with E-state index >= 15 is 0 Å². The highest BCUT2D eigenvalue weighted by atomic mass is 127. The fourth-order valence-electron chi connectivity index (χ4n) is 2.77. The molecule has 0 aliphatic rings. The number of carbonyl (C=O) groups is 2. The number of carbonyl (C=O) groups excluding carboxylic acids is 2. The Bertz CT molecular complexity index is 952. The lowest BCUT2D eigenvalue weighted by Gasteiger charge is -2.08. The van der Waals surface area contributed by atoms with Crippen LogP contribution in [-0.4, -0.2) is 12.1 Å². The van der Waals surface area contributed by atoms with Crippen molar-refractivity contribution in [2.45, 2.75) is 12.8 Å². The topological polar surface area (TPSA) is 34.1 Å². The molecule has 0 N–H and O–H groups in total. The second-order valence-electron chi connectivity index (χ2n) is 6.05. The van der Waals surface area contributed by atoms with Crippen LogP contribution >= 0.6 is 22.6 Å². The highest BCUT2D eigenvalue weighted by Gasteiger charge is 2.14. The summed E-state index contributed by atoms with van der Waals surface area (Å²) < 4.78 is 15.0. The minimum atomic E-state index is -0.657. The SMILES string of the molecule is O=Cc1ccc(C(=O)Cc2ccc(Cc3ccccc3)cc2I)c(F)c1. The summed E-state index contributed by atoms with van der Waals surface area (Å²) in [6.45, 7) is 0. The summed E-state index contributed by atoms with van der Waals surface area (Å²) in [5, 5.41) is 0. The molecule has 26 heavy (non-hydrogen) atoms. The van der Waals surface area contributed by atoms with Crippen molar-refractivity contribution in [2.24, 2.45) is 0 Å². The van der Waals surface area contributed by atoms with Gasteiger partial charge in [-0.05, 0) is 63.9 Å². The summed E-state index contributed by atoms with van der Waals surface area (Å²) in [6.07, 6.45) is 1.51. The Labute approximate surface area is 165 Å². The van der Waals surface area contributed by atoms with Crippen molar-refractivity contribution < 1.29 is 14.0 Å². The zero-order valence-corrected chi connectivity index (χ0v) is 16.1. The molecule has 0 fully saturated rings. The first-order chi connectivity index (χ1) is 12.6. The third kappa shape index (κ3) is 4.43. The van der Waals surface area contributed by atoms with Crippen molar-refractivity contribution in [3.05, 3.63) is 104 Å². The molecule has 4 heteroatoms. The van der Waals surface area contributed by atoms with Crippen molar-refractivity contribution in [1.82, 2.24) is 0 Å². The van der Waals surface area contributed by atoms with Gasteiger partial charge in [0.15, 0.2) is 5.78 Å². The Morgan fingerprint density at radius 3 is 2.38 bits per heavy atom. The van der Waals surface area contributed by atoms with E-state index in [2.05, 4.69) is 40.8 Å². The number of halogens is 2. The second kappa shape index (κ2) is 8.36. The monoisotopic (exact) mass is 458 g/mol. The third-order valence-electron chi connectivity index (χ3n) is 4.15. The molecule has 0 aromatic heterocycles. The average molecular weight is 458 g/mol. The van der Waals surface area contributed by atoms with E-state index in [0.29, 0.717) is 6.29 Å². The zero-order valence-electron chi connectivity index (χ0n) is 13.9. The van der Waals surface area contributed by atoms with Crippen molar-refractivity contribution in [3.63, 3.8) is 0 Å². The van der Waals surface area contributed by atoms with Crippen molar-refractivity contribution in [3.8, 4) is 0 Å². The summed E-state index contributed by atoms with van der Waals surface area (Å²) in [5.41, 5.74) is 3.49. The van der Waals surface area contributed by atoms with Gasteiger partial charge >= 0.3 is 0 Å². The lowest BCUT2D eigenvalue weighted by Crippen LogP contribution is -2.08. The third-order valence-corrected chi connectivity index (χ3v) is 5.15. The van der Waals surface area contributed by atoms with Gasteiger partial charge in [0, 0.05) is 15.6 Å². The molecule has 0 aliphatic heterocycles. The molecule has 0 heterocycles. The summed E-state index contributed by atoms with van der Waals surface area (Å²) in [5.74, 6) is -0.955. The fourth-order valence-corrected chi connectivity index (χ4v) is 3.55. The Balaban J connectivity index is 1.75. The van der Waals surface area contributed by atoms with E-state index in [1.54, 1.807) is 0 Å². The van der Waals surface area contributed by atoms with Gasteiger partial charge in [-0.2, -0.15) is 0 Å². The lowest BCUT2D eigenvalue weighted by atomic mass is 9.99. The predicted molar refractivity (Wildman–Crippen MR) is 108 cm³/mol. The molecular formula is C22H16FIO2. The van der Waals surface area contributed by atoms with Gasteiger partial charge in [-0.3, -0.25) is 9.59 Å². The molecule has 3 aromatic rings. The van der Waals surface area contributed by atoms with Crippen LogP contribution < -0.4 is 0 Å². The van der Waals surface area contributed by atoms with Gasteiger partial charge in [-0.1, -0.05) is 48.5 Å². The summed E-state index contributed by atoms with van der Waals surface area (Å²) >= 11 is 2.21. The molecule has 0 atom stereocenters. The maximum Gasteiger partial charge on any atom is 0.170 e. The van der Waals surface area contributed by atoms with Crippen LogP contribution in [-0.2, 0) is 12.8 Å². The van der Waals surface area contributed by atoms with Crippen LogP contribution in [0, 0.1) is 9.39 Å². The molecule has 0 saturated carbocycles. The smallest absolute Gasteiger partial charge is 0.170 e. The largest absolute Gasteiger partial charge is 0.298 e. The summed E-state index contributed by atoms with van der Waals surface area (Å²) in [4.78, 5) is 23.1. The average Bonchev–Trinajstić information content (AvgIpc) is 2.64. The molecule has 3 rings (SSSR count). The van der Waals surface area contributed by atoms with E-state index in [1.807, 2.05) is 30.3 Å². The minimum Gasteiger partial charge on any atom is -0.298 e. The van der Waals surface area contributed by atoms with Gasteiger partial charge in [0.25, 0.3) is 0 Å². The highest BCUT2D eigenvalue weighted by Crippen LogP contribution is 2.20. The van der Waals surface area contributed by atoms with Gasteiger partial charge in [-0.15, -0.1) is 0 Å². The van der Waals surface area contributed by atoms with E-state index in [-0.39, 0.29) is 23.3 Å². The number of benzene rings is 3. The van der Waals surface area contributed by atoms with Crippen molar-refractivity contribution in [2.75, 3.05) is 0 Å². The maximum absolute atomic E-state index is 14.0. The van der Waals surface area contributed by atoms with E-state index in [9.17, 15) is 14.0 Å². The Morgan fingerprint density at radius 1 is 0.962 bits per heavy atom. The predicted octanol–water partition coefficient (Wildman–Crippen LogP) is 5.26. The van der Waals surface area contributed by atoms with Gasteiger partial charge in [0.1, 0.15) is 12.1 Å². The van der Waals surface area contributed by atoms with Crippen LogP contribution in [0.5, 0.6) is 0 Å². The Kier molecular flexibility index (Phi) is 5.93. The van der Waals surface area contributed by atoms with Crippen molar-refractivity contribution in [1.29, 1.82) is 0 Å². The first-order valence-electron chi connectivity index (χ1n) is 8.16. The first kappa shape index (κ1) is 18.5. The number of ketones is 1. The van der Waals surface area contributed by atoms with E-state index in [1.165, 1.54) is 23.3 Å². The molecule has 0 amide bonds. The molecule has 0 saturated heterocycles. The zero-order chi connectivity index (χ0) is 18.5. The molecule has 130 valence electrons. The summed E-state index contributed by atoms with van der Waals surface area (Å²) in [7, 11) is 0. The van der Waals surface area contributed by atoms with Crippen molar-refractivity contribution >= 4 is 34.7 Å². The molecular weight excluding hydrogens is 442 g/mol. The van der Waals surface area contributed by atoms with E-state index in [0.717, 1.165) is 21.6 Å². The number of Topliss-reactive ketones (excluding diaryl/α,β-unsaturated/α-hetero) is 1. The Hall–Kier alpha value is -2.34. The summed E-state index contributed by atoms with van der Waals surface area (Å²) in [6, 6.07) is 20.1. The van der Waals surface area contributed by atoms with Crippen LogP contribution in [0.1, 0.15) is 37.4 Å². The maximum atomic E-state index is 14.0. The van der Waals surface area contributed by atoms with Crippen LogP contribution in [0.4, 0.5) is 4.39 Å². The fraction of sp³-hybridized carbons (Fsp3) is 0.0909. The van der Waals surface area contributed by atoms with Crippen LogP contribution in [0.25, 0.3) is 0 Å². The molecule has 0 spiro atoms. The molecule has 0 unspecified atom stereocenters. The highest BCUT2D eigenvalue weighted by molar-refractivity contribution is 14.1. The molecule has 0 bridgehead atoms. The standard InChI is InChI=1S/C22H16FIO2/c23-20-11-17(14-25)7-9-19(20)22(26)13-18-8-6-16(12-21(18)24)10-15-4-2-1-3-5-15/h1-9,11-12,14H,10,13H2. The molecule has 2 nitrogen and oxygen atoms in total. The normalized spacial score (nSPS) is 10.5. The first-order valence-corrected chi connectivity index (χ1v) is 9.24. The number of hydrogen-bond donors (Lipinski definition) is 0.